The van der Waals surface area contributed by atoms with Crippen molar-refractivity contribution in [3.63, 3.8) is 0 Å². The number of fused-ring (bicyclic) bond motifs is 1. The van der Waals surface area contributed by atoms with Crippen LogP contribution in [0.5, 0.6) is 11.5 Å². The van der Waals surface area contributed by atoms with Crippen LogP contribution in [0.15, 0.2) is 41.1 Å². The van der Waals surface area contributed by atoms with Gasteiger partial charge in [0.15, 0.2) is 18.1 Å². The van der Waals surface area contributed by atoms with E-state index in [0.717, 1.165) is 5.56 Å². The molecule has 2 aromatic rings. The van der Waals surface area contributed by atoms with Crippen LogP contribution >= 0.6 is 11.3 Å². The molecule has 0 radical (unpaired) electrons. The summed E-state index contributed by atoms with van der Waals surface area (Å²) in [5.41, 5.74) is 5.21. The van der Waals surface area contributed by atoms with Crippen molar-refractivity contribution >= 4 is 29.1 Å². The smallest absolute Gasteiger partial charge is 0.310 e. The number of para-hydroxylation sites is 2. The van der Waals surface area contributed by atoms with Gasteiger partial charge in [0.05, 0.1) is 6.42 Å². The SMILES string of the molecule is O=C(COC(=O)Cc1ccsc1)NNC(=O)[C@@H]1COc2ccccc2O1. The maximum atomic E-state index is 12.0. The fraction of sp³-hybridized carbons (Fsp3) is 0.235. The number of thiophene rings is 1. The number of hydrazine groups is 1. The molecule has 1 aromatic carbocycles. The number of rotatable bonds is 5. The molecular weight excluding hydrogens is 360 g/mol. The molecule has 1 atom stereocenters. The summed E-state index contributed by atoms with van der Waals surface area (Å²) >= 11 is 1.47. The van der Waals surface area contributed by atoms with Crippen LogP contribution in [0.25, 0.3) is 0 Å². The fourth-order valence-electron chi connectivity index (χ4n) is 2.15. The first-order valence-electron chi connectivity index (χ1n) is 7.75. The van der Waals surface area contributed by atoms with Gasteiger partial charge in [-0.1, -0.05) is 12.1 Å². The van der Waals surface area contributed by atoms with Crippen LogP contribution in [0.2, 0.25) is 0 Å². The van der Waals surface area contributed by atoms with E-state index in [9.17, 15) is 14.4 Å². The van der Waals surface area contributed by atoms with Crippen molar-refractivity contribution in [3.05, 3.63) is 46.7 Å². The first-order chi connectivity index (χ1) is 12.6. The van der Waals surface area contributed by atoms with E-state index in [1.165, 1.54) is 11.3 Å². The highest BCUT2D eigenvalue weighted by Gasteiger charge is 2.27. The third-order valence-electron chi connectivity index (χ3n) is 3.42. The molecule has 26 heavy (non-hydrogen) atoms. The van der Waals surface area contributed by atoms with Gasteiger partial charge in [0.2, 0.25) is 6.10 Å². The topological polar surface area (TPSA) is 103 Å². The number of hydrogen-bond donors (Lipinski definition) is 2. The van der Waals surface area contributed by atoms with Gasteiger partial charge in [-0.3, -0.25) is 25.2 Å². The Balaban J connectivity index is 1.38. The zero-order valence-electron chi connectivity index (χ0n) is 13.6. The van der Waals surface area contributed by atoms with Crippen LogP contribution in [0.3, 0.4) is 0 Å². The second-order valence-corrected chi connectivity index (χ2v) is 6.15. The molecule has 0 unspecified atom stereocenters. The van der Waals surface area contributed by atoms with E-state index in [0.29, 0.717) is 11.5 Å². The van der Waals surface area contributed by atoms with Crippen molar-refractivity contribution in [2.24, 2.45) is 0 Å². The zero-order valence-corrected chi connectivity index (χ0v) is 14.4. The Hall–Kier alpha value is -3.07. The molecule has 0 saturated carbocycles. The minimum absolute atomic E-state index is 0.0222. The van der Waals surface area contributed by atoms with Gasteiger partial charge >= 0.3 is 5.97 Å². The van der Waals surface area contributed by atoms with Gasteiger partial charge in [-0.15, -0.1) is 0 Å². The predicted molar refractivity (Wildman–Crippen MR) is 91.6 cm³/mol. The van der Waals surface area contributed by atoms with Gasteiger partial charge in [0.25, 0.3) is 11.8 Å². The van der Waals surface area contributed by atoms with Gasteiger partial charge in [0.1, 0.15) is 6.61 Å². The third-order valence-corrected chi connectivity index (χ3v) is 4.15. The minimum atomic E-state index is -0.897. The van der Waals surface area contributed by atoms with Gasteiger partial charge in [-0.25, -0.2) is 0 Å². The molecule has 0 bridgehead atoms. The average molecular weight is 376 g/mol. The Labute approximate surface area is 153 Å². The molecule has 0 fully saturated rings. The summed E-state index contributed by atoms with van der Waals surface area (Å²) in [5, 5.41) is 3.67. The number of nitrogens with one attached hydrogen (secondary N) is 2. The number of hydrogen-bond acceptors (Lipinski definition) is 7. The molecule has 0 aliphatic carbocycles. The van der Waals surface area contributed by atoms with Crippen molar-refractivity contribution in [1.29, 1.82) is 0 Å². The molecule has 2 heterocycles. The van der Waals surface area contributed by atoms with Gasteiger partial charge in [-0.05, 0) is 34.5 Å². The summed E-state index contributed by atoms with van der Waals surface area (Å²) in [4.78, 5) is 35.3. The minimum Gasteiger partial charge on any atom is -0.485 e. The molecule has 3 rings (SSSR count). The molecule has 1 aliphatic rings. The second kappa shape index (κ2) is 8.34. The molecular formula is C17H16N2O6S. The van der Waals surface area contributed by atoms with Crippen LogP contribution in [0, 0.1) is 0 Å². The lowest BCUT2D eigenvalue weighted by atomic mass is 10.2. The molecule has 9 heteroatoms. The van der Waals surface area contributed by atoms with Crippen LogP contribution < -0.4 is 20.3 Å². The highest BCUT2D eigenvalue weighted by molar-refractivity contribution is 7.07. The lowest BCUT2D eigenvalue weighted by Gasteiger charge is -2.25. The number of carbonyl (C=O) groups is 3. The first kappa shape index (κ1) is 17.7. The summed E-state index contributed by atoms with van der Waals surface area (Å²) in [6.07, 6.45) is -0.804. The lowest BCUT2D eigenvalue weighted by molar-refractivity contribution is -0.148. The van der Waals surface area contributed by atoms with Crippen molar-refractivity contribution in [3.8, 4) is 11.5 Å². The predicted octanol–water partition coefficient (Wildman–Crippen LogP) is 0.821. The molecule has 8 nitrogen and oxygen atoms in total. The molecule has 2 N–H and O–H groups in total. The summed E-state index contributed by atoms with van der Waals surface area (Å²) in [6.45, 7) is -0.470. The van der Waals surface area contributed by atoms with Crippen LogP contribution in [0.4, 0.5) is 0 Å². The van der Waals surface area contributed by atoms with E-state index in [-0.39, 0.29) is 13.0 Å². The van der Waals surface area contributed by atoms with Crippen LogP contribution in [-0.2, 0) is 25.5 Å². The average Bonchev–Trinajstić information content (AvgIpc) is 3.17. The molecule has 136 valence electrons. The van der Waals surface area contributed by atoms with Crippen molar-refractivity contribution < 1.29 is 28.6 Å². The monoisotopic (exact) mass is 376 g/mol. The number of ether oxygens (including phenoxy) is 3. The molecule has 0 spiro atoms. The number of carbonyl (C=O) groups excluding carboxylic acids is 3. The third kappa shape index (κ3) is 4.73. The van der Waals surface area contributed by atoms with E-state index in [4.69, 9.17) is 14.2 Å². The fourth-order valence-corrected chi connectivity index (χ4v) is 2.82. The Morgan fingerprint density at radius 1 is 1.15 bits per heavy atom. The van der Waals surface area contributed by atoms with E-state index < -0.39 is 30.5 Å². The number of esters is 1. The first-order valence-corrected chi connectivity index (χ1v) is 8.70. The highest BCUT2D eigenvalue weighted by atomic mass is 32.1. The van der Waals surface area contributed by atoms with E-state index in [1.807, 2.05) is 10.8 Å². The van der Waals surface area contributed by atoms with Gasteiger partial charge < -0.3 is 14.2 Å². The lowest BCUT2D eigenvalue weighted by Crippen LogP contribution is -2.51. The summed E-state index contributed by atoms with van der Waals surface area (Å²) in [6, 6.07) is 8.77. The number of benzene rings is 1. The van der Waals surface area contributed by atoms with Crippen LogP contribution in [0.1, 0.15) is 5.56 Å². The Kier molecular flexibility index (Phi) is 5.69. The highest BCUT2D eigenvalue weighted by Crippen LogP contribution is 2.30. The maximum absolute atomic E-state index is 12.0. The normalized spacial score (nSPS) is 15.0. The van der Waals surface area contributed by atoms with Crippen molar-refractivity contribution in [2.75, 3.05) is 13.2 Å². The zero-order chi connectivity index (χ0) is 18.4. The van der Waals surface area contributed by atoms with Crippen molar-refractivity contribution in [2.45, 2.75) is 12.5 Å². The molecule has 2 amide bonds. The Bertz CT molecular complexity index is 792. The van der Waals surface area contributed by atoms with Crippen LogP contribution in [-0.4, -0.2) is 37.1 Å². The van der Waals surface area contributed by atoms with E-state index in [1.54, 1.807) is 30.3 Å². The largest absolute Gasteiger partial charge is 0.485 e. The summed E-state index contributed by atoms with van der Waals surface area (Å²) in [7, 11) is 0. The van der Waals surface area contributed by atoms with Gasteiger partial charge in [0, 0.05) is 0 Å². The summed E-state index contributed by atoms with van der Waals surface area (Å²) < 4.78 is 15.8. The quantitative estimate of drug-likeness (QED) is 0.592. The van der Waals surface area contributed by atoms with E-state index >= 15 is 0 Å². The van der Waals surface area contributed by atoms with Gasteiger partial charge in [-0.2, -0.15) is 11.3 Å². The standard InChI is InChI=1S/C17H16N2O6S/c20-15(9-24-16(21)7-11-5-6-26-10-11)18-19-17(22)14-8-23-12-3-1-2-4-13(12)25-14/h1-6,10,14H,7-9H2,(H,18,20)(H,19,22)/t14-/m0/s1. The Morgan fingerprint density at radius 2 is 1.96 bits per heavy atom. The van der Waals surface area contributed by atoms with E-state index in [2.05, 4.69) is 10.9 Å². The maximum Gasteiger partial charge on any atom is 0.310 e. The molecule has 1 aromatic heterocycles. The molecule has 0 saturated heterocycles. The Morgan fingerprint density at radius 3 is 2.73 bits per heavy atom. The molecule has 1 aliphatic heterocycles. The summed E-state index contributed by atoms with van der Waals surface area (Å²) in [5.74, 6) is -0.747. The number of amides is 2. The van der Waals surface area contributed by atoms with Crippen molar-refractivity contribution in [1.82, 2.24) is 10.9 Å². The second-order valence-electron chi connectivity index (χ2n) is 5.37.